The molecule has 2 heterocycles. The first-order valence-electron chi connectivity index (χ1n) is 8.90. The molecule has 1 saturated heterocycles. The zero-order valence-electron chi connectivity index (χ0n) is 14.8. The van der Waals surface area contributed by atoms with E-state index in [0.29, 0.717) is 18.7 Å². The van der Waals surface area contributed by atoms with Gasteiger partial charge in [0.1, 0.15) is 6.10 Å². The van der Waals surface area contributed by atoms with Gasteiger partial charge in [-0.15, -0.1) is 0 Å². The van der Waals surface area contributed by atoms with Crippen LogP contribution in [0.2, 0.25) is 0 Å². The normalized spacial score (nSPS) is 18.8. The summed E-state index contributed by atoms with van der Waals surface area (Å²) in [5.74, 6) is -0.436. The molecule has 1 aliphatic rings. The summed E-state index contributed by atoms with van der Waals surface area (Å²) in [6.07, 6.45) is 6.87. The number of hydrogen-bond acceptors (Lipinski definition) is 4. The molecule has 1 aromatic carbocycles. The van der Waals surface area contributed by atoms with Crippen molar-refractivity contribution in [1.82, 2.24) is 19.8 Å². The predicted molar refractivity (Wildman–Crippen MR) is 96.9 cm³/mol. The molecule has 3 rings (SSSR count). The minimum atomic E-state index is -1.04. The number of likely N-dealkylation sites (tertiary alicyclic amines) is 1. The number of rotatable bonds is 4. The van der Waals surface area contributed by atoms with E-state index in [0.717, 1.165) is 24.9 Å². The van der Waals surface area contributed by atoms with Gasteiger partial charge in [-0.2, -0.15) is 0 Å². The van der Waals surface area contributed by atoms with Crippen LogP contribution in [0.1, 0.15) is 36.5 Å². The van der Waals surface area contributed by atoms with Crippen molar-refractivity contribution in [3.63, 3.8) is 0 Å². The second-order valence-corrected chi connectivity index (χ2v) is 6.65. The fourth-order valence-electron chi connectivity index (χ4n) is 3.14. The van der Waals surface area contributed by atoms with Gasteiger partial charge in [0.05, 0.1) is 6.33 Å². The highest BCUT2D eigenvalue weighted by molar-refractivity contribution is 5.94. The molecule has 2 atom stereocenters. The summed E-state index contributed by atoms with van der Waals surface area (Å²) >= 11 is 0. The smallest absolute Gasteiger partial charge is 0.253 e. The molecule has 138 valence electrons. The SMILES string of the molecule is CC(O)C(=O)NC1CCCCN(C(=O)c2ccc(-n3ccnc3)cc2)C1. The van der Waals surface area contributed by atoms with Crippen LogP contribution in [-0.4, -0.2) is 56.6 Å². The lowest BCUT2D eigenvalue weighted by Gasteiger charge is -2.25. The van der Waals surface area contributed by atoms with Crippen LogP contribution in [0.25, 0.3) is 5.69 Å². The number of aromatic nitrogens is 2. The Morgan fingerprint density at radius 2 is 2.04 bits per heavy atom. The van der Waals surface area contributed by atoms with Gasteiger partial charge in [0.15, 0.2) is 0 Å². The summed E-state index contributed by atoms with van der Waals surface area (Å²) in [4.78, 5) is 30.4. The van der Waals surface area contributed by atoms with Gasteiger partial charge >= 0.3 is 0 Å². The van der Waals surface area contributed by atoms with Crippen molar-refractivity contribution in [3.8, 4) is 5.69 Å². The number of hydrogen-bond donors (Lipinski definition) is 2. The fraction of sp³-hybridized carbons (Fsp3) is 0.421. The fourth-order valence-corrected chi connectivity index (χ4v) is 3.14. The zero-order valence-corrected chi connectivity index (χ0v) is 14.8. The molecular formula is C19H24N4O3. The summed E-state index contributed by atoms with van der Waals surface area (Å²) < 4.78 is 1.88. The maximum Gasteiger partial charge on any atom is 0.253 e. The van der Waals surface area contributed by atoms with E-state index in [2.05, 4.69) is 10.3 Å². The lowest BCUT2D eigenvalue weighted by molar-refractivity contribution is -0.129. The van der Waals surface area contributed by atoms with Gasteiger partial charge in [-0.05, 0) is 50.5 Å². The van der Waals surface area contributed by atoms with Crippen LogP contribution >= 0.6 is 0 Å². The number of aliphatic hydroxyl groups is 1. The van der Waals surface area contributed by atoms with E-state index < -0.39 is 12.0 Å². The number of nitrogens with zero attached hydrogens (tertiary/aromatic N) is 3. The number of carbonyl (C=O) groups excluding carboxylic acids is 2. The average molecular weight is 356 g/mol. The molecule has 1 fully saturated rings. The van der Waals surface area contributed by atoms with E-state index in [4.69, 9.17) is 0 Å². The van der Waals surface area contributed by atoms with Crippen LogP contribution in [0.5, 0.6) is 0 Å². The molecule has 2 amide bonds. The van der Waals surface area contributed by atoms with Crippen LogP contribution in [0.4, 0.5) is 0 Å². The van der Waals surface area contributed by atoms with E-state index in [-0.39, 0.29) is 11.9 Å². The Balaban J connectivity index is 1.68. The lowest BCUT2D eigenvalue weighted by Crippen LogP contribution is -2.47. The van der Waals surface area contributed by atoms with Gasteiger partial charge in [0, 0.05) is 42.8 Å². The molecule has 2 N–H and O–H groups in total. The molecule has 0 saturated carbocycles. The second kappa shape index (κ2) is 8.14. The lowest BCUT2D eigenvalue weighted by atomic mass is 10.1. The second-order valence-electron chi connectivity index (χ2n) is 6.65. The first-order valence-corrected chi connectivity index (χ1v) is 8.90. The number of carbonyl (C=O) groups is 2. The van der Waals surface area contributed by atoms with Gasteiger partial charge < -0.3 is 19.9 Å². The molecule has 1 aliphatic heterocycles. The van der Waals surface area contributed by atoms with Crippen molar-refractivity contribution in [3.05, 3.63) is 48.5 Å². The maximum absolute atomic E-state index is 12.9. The molecule has 2 aromatic rings. The van der Waals surface area contributed by atoms with Gasteiger partial charge in [-0.3, -0.25) is 9.59 Å². The van der Waals surface area contributed by atoms with Crippen LogP contribution in [0, 0.1) is 0 Å². The number of nitrogens with one attached hydrogen (secondary N) is 1. The van der Waals surface area contributed by atoms with Crippen molar-refractivity contribution in [2.75, 3.05) is 13.1 Å². The Morgan fingerprint density at radius 3 is 2.69 bits per heavy atom. The Hall–Kier alpha value is -2.67. The van der Waals surface area contributed by atoms with Gasteiger partial charge in [0.2, 0.25) is 5.91 Å². The largest absolute Gasteiger partial charge is 0.384 e. The zero-order chi connectivity index (χ0) is 18.5. The van der Waals surface area contributed by atoms with Gasteiger partial charge in [0.25, 0.3) is 5.91 Å². The standard InChI is InChI=1S/C19H24N4O3/c1-14(24)18(25)21-16-4-2-3-10-22(12-16)19(26)15-5-7-17(8-6-15)23-11-9-20-13-23/h5-9,11,13-14,16,24H,2-4,10,12H2,1H3,(H,21,25). The van der Waals surface area contributed by atoms with Crippen LogP contribution in [-0.2, 0) is 4.79 Å². The minimum absolute atomic E-state index is 0.0413. The quantitative estimate of drug-likeness (QED) is 0.866. The molecule has 2 unspecified atom stereocenters. The Bertz CT molecular complexity index is 741. The number of amides is 2. The van der Waals surface area contributed by atoms with Crippen LogP contribution in [0.15, 0.2) is 43.0 Å². The third-order valence-corrected chi connectivity index (χ3v) is 4.60. The summed E-state index contributed by atoms with van der Waals surface area (Å²) in [6, 6.07) is 7.27. The first kappa shape index (κ1) is 18.1. The Morgan fingerprint density at radius 1 is 1.27 bits per heavy atom. The highest BCUT2D eigenvalue weighted by Crippen LogP contribution is 2.16. The third-order valence-electron chi connectivity index (χ3n) is 4.60. The van der Waals surface area contributed by atoms with E-state index in [1.54, 1.807) is 17.4 Å². The van der Waals surface area contributed by atoms with E-state index >= 15 is 0 Å². The summed E-state index contributed by atoms with van der Waals surface area (Å²) in [5.41, 5.74) is 1.56. The number of aliphatic hydroxyl groups excluding tert-OH is 1. The van der Waals surface area contributed by atoms with Crippen molar-refractivity contribution in [2.45, 2.75) is 38.3 Å². The van der Waals surface area contributed by atoms with E-state index in [1.807, 2.05) is 35.0 Å². The predicted octanol–water partition coefficient (Wildman–Crippen LogP) is 1.36. The molecule has 0 aliphatic carbocycles. The number of imidazole rings is 1. The summed E-state index contributed by atoms with van der Waals surface area (Å²) in [7, 11) is 0. The molecule has 0 radical (unpaired) electrons. The van der Waals surface area contributed by atoms with Crippen LogP contribution < -0.4 is 5.32 Å². The van der Waals surface area contributed by atoms with Gasteiger partial charge in [-0.25, -0.2) is 4.98 Å². The van der Waals surface area contributed by atoms with Crippen molar-refractivity contribution >= 4 is 11.8 Å². The molecule has 26 heavy (non-hydrogen) atoms. The molecular weight excluding hydrogens is 332 g/mol. The molecule has 7 heteroatoms. The molecule has 0 bridgehead atoms. The summed E-state index contributed by atoms with van der Waals surface area (Å²) in [5, 5.41) is 12.2. The Labute approximate surface area is 152 Å². The monoisotopic (exact) mass is 356 g/mol. The summed E-state index contributed by atoms with van der Waals surface area (Å²) in [6.45, 7) is 2.57. The molecule has 7 nitrogen and oxygen atoms in total. The highest BCUT2D eigenvalue weighted by Gasteiger charge is 2.25. The van der Waals surface area contributed by atoms with Crippen molar-refractivity contribution in [1.29, 1.82) is 0 Å². The minimum Gasteiger partial charge on any atom is -0.384 e. The van der Waals surface area contributed by atoms with E-state index in [9.17, 15) is 14.7 Å². The third kappa shape index (κ3) is 4.29. The van der Waals surface area contributed by atoms with E-state index in [1.165, 1.54) is 6.92 Å². The first-order chi connectivity index (χ1) is 12.5. The van der Waals surface area contributed by atoms with Gasteiger partial charge in [-0.1, -0.05) is 0 Å². The molecule has 0 spiro atoms. The Kier molecular flexibility index (Phi) is 5.68. The van der Waals surface area contributed by atoms with Crippen molar-refractivity contribution in [2.24, 2.45) is 0 Å². The maximum atomic E-state index is 12.9. The topological polar surface area (TPSA) is 87.5 Å². The highest BCUT2D eigenvalue weighted by atomic mass is 16.3. The molecule has 1 aromatic heterocycles. The average Bonchev–Trinajstić information content (AvgIpc) is 3.08. The van der Waals surface area contributed by atoms with Crippen LogP contribution in [0.3, 0.4) is 0 Å². The number of benzene rings is 1. The van der Waals surface area contributed by atoms with Crippen molar-refractivity contribution < 1.29 is 14.7 Å².